The van der Waals surface area contributed by atoms with Crippen LogP contribution in [0.1, 0.15) is 17.2 Å². The maximum absolute atomic E-state index is 12.0. The number of pyridine rings is 1. The van der Waals surface area contributed by atoms with Gasteiger partial charge in [0.2, 0.25) is 5.91 Å². The van der Waals surface area contributed by atoms with E-state index in [1.165, 1.54) is 0 Å². The lowest BCUT2D eigenvalue weighted by Gasteiger charge is -2.20. The molecule has 122 valence electrons. The molecule has 1 aromatic carbocycles. The summed E-state index contributed by atoms with van der Waals surface area (Å²) in [5.41, 5.74) is 1.80. The molecule has 5 nitrogen and oxygen atoms in total. The molecule has 23 heavy (non-hydrogen) atoms. The minimum absolute atomic E-state index is 0.167. The molecule has 1 unspecified atom stereocenters. The summed E-state index contributed by atoms with van der Waals surface area (Å²) in [6, 6.07) is 10.7. The summed E-state index contributed by atoms with van der Waals surface area (Å²) < 4.78 is 0. The average Bonchev–Trinajstić information content (AvgIpc) is 2.50. The van der Waals surface area contributed by atoms with Gasteiger partial charge in [-0.2, -0.15) is 0 Å². The average molecular weight is 334 g/mol. The van der Waals surface area contributed by atoms with Gasteiger partial charge in [0, 0.05) is 17.8 Å². The second kappa shape index (κ2) is 8.06. The Kier molecular flexibility index (Phi) is 6.10. The van der Waals surface area contributed by atoms with Crippen LogP contribution in [0.5, 0.6) is 0 Å². The normalized spacial score (nSPS) is 12.2. The number of hydrogen-bond acceptors (Lipinski definition) is 4. The van der Waals surface area contributed by atoms with Gasteiger partial charge in [0.15, 0.2) is 0 Å². The van der Waals surface area contributed by atoms with Crippen LogP contribution in [0.15, 0.2) is 42.6 Å². The summed E-state index contributed by atoms with van der Waals surface area (Å²) in [6.45, 7) is 2.45. The van der Waals surface area contributed by atoms with Crippen molar-refractivity contribution in [1.29, 1.82) is 0 Å². The fourth-order valence-corrected chi connectivity index (χ4v) is 2.25. The molecule has 0 fully saturated rings. The van der Waals surface area contributed by atoms with Gasteiger partial charge in [0.05, 0.1) is 12.6 Å². The van der Waals surface area contributed by atoms with E-state index < -0.39 is 6.10 Å². The number of nitrogens with zero attached hydrogens (tertiary/aromatic N) is 2. The van der Waals surface area contributed by atoms with Gasteiger partial charge in [-0.05, 0) is 43.3 Å². The quantitative estimate of drug-likeness (QED) is 0.853. The van der Waals surface area contributed by atoms with Gasteiger partial charge in [0.25, 0.3) is 0 Å². The fourth-order valence-electron chi connectivity index (χ4n) is 2.12. The molecule has 1 heterocycles. The first-order valence-corrected chi connectivity index (χ1v) is 7.66. The number of aliphatic hydroxyl groups is 1. The van der Waals surface area contributed by atoms with Gasteiger partial charge in [0.1, 0.15) is 5.82 Å². The number of likely N-dealkylation sites (N-methyl/N-ethyl adjacent to an activating group) is 1. The van der Waals surface area contributed by atoms with Crippen LogP contribution in [0.2, 0.25) is 5.02 Å². The first-order valence-electron chi connectivity index (χ1n) is 7.28. The lowest BCUT2D eigenvalue weighted by atomic mass is 10.1. The zero-order valence-electron chi connectivity index (χ0n) is 13.2. The Balaban J connectivity index is 1.83. The standard InChI is InChI=1S/C17H20ClN3O2/c1-12-3-8-16(19-9-12)20-17(23)11-21(2)10-15(22)13-4-6-14(18)7-5-13/h3-9,15,22H,10-11H2,1-2H3,(H,19,20,23). The van der Waals surface area contributed by atoms with Gasteiger partial charge in [-0.15, -0.1) is 0 Å². The first-order chi connectivity index (χ1) is 10.9. The van der Waals surface area contributed by atoms with E-state index in [2.05, 4.69) is 10.3 Å². The van der Waals surface area contributed by atoms with Crippen LogP contribution in [0.4, 0.5) is 5.82 Å². The Morgan fingerprint density at radius 1 is 1.30 bits per heavy atom. The van der Waals surface area contributed by atoms with E-state index in [0.717, 1.165) is 11.1 Å². The van der Waals surface area contributed by atoms with Gasteiger partial charge in [-0.25, -0.2) is 4.98 Å². The number of aromatic nitrogens is 1. The van der Waals surface area contributed by atoms with Gasteiger partial charge >= 0.3 is 0 Å². The zero-order chi connectivity index (χ0) is 16.8. The lowest BCUT2D eigenvalue weighted by molar-refractivity contribution is -0.117. The number of nitrogens with one attached hydrogen (secondary N) is 1. The van der Waals surface area contributed by atoms with Crippen LogP contribution in [0.3, 0.4) is 0 Å². The Morgan fingerprint density at radius 2 is 2.00 bits per heavy atom. The Morgan fingerprint density at radius 3 is 2.61 bits per heavy atom. The summed E-state index contributed by atoms with van der Waals surface area (Å²) in [6.07, 6.45) is 1.02. The van der Waals surface area contributed by atoms with E-state index in [-0.39, 0.29) is 12.5 Å². The van der Waals surface area contributed by atoms with Crippen molar-refractivity contribution >= 4 is 23.3 Å². The van der Waals surface area contributed by atoms with Crippen molar-refractivity contribution in [2.75, 3.05) is 25.5 Å². The SMILES string of the molecule is Cc1ccc(NC(=O)CN(C)CC(O)c2ccc(Cl)cc2)nc1. The number of rotatable bonds is 6. The third-order valence-electron chi connectivity index (χ3n) is 3.33. The van der Waals surface area contributed by atoms with E-state index in [9.17, 15) is 9.90 Å². The van der Waals surface area contributed by atoms with Crippen molar-refractivity contribution in [2.24, 2.45) is 0 Å². The number of carbonyl (C=O) groups excluding carboxylic acids is 1. The highest BCUT2D eigenvalue weighted by atomic mass is 35.5. The zero-order valence-corrected chi connectivity index (χ0v) is 13.9. The Bertz CT molecular complexity index is 644. The number of amides is 1. The number of halogens is 1. The molecule has 1 aromatic heterocycles. The summed E-state index contributed by atoms with van der Waals surface area (Å²) in [4.78, 5) is 17.9. The molecule has 0 spiro atoms. The van der Waals surface area contributed by atoms with Crippen molar-refractivity contribution in [3.63, 3.8) is 0 Å². The van der Waals surface area contributed by atoms with Crippen LogP contribution >= 0.6 is 11.6 Å². The minimum Gasteiger partial charge on any atom is -0.387 e. The second-order valence-electron chi connectivity index (χ2n) is 5.53. The van der Waals surface area contributed by atoms with Crippen LogP contribution in [-0.2, 0) is 4.79 Å². The number of aliphatic hydroxyl groups excluding tert-OH is 1. The van der Waals surface area contributed by atoms with Crippen LogP contribution < -0.4 is 5.32 Å². The van der Waals surface area contributed by atoms with Crippen molar-refractivity contribution in [2.45, 2.75) is 13.0 Å². The molecular formula is C17H20ClN3O2. The van der Waals surface area contributed by atoms with E-state index in [1.807, 2.05) is 13.0 Å². The molecule has 1 amide bonds. The van der Waals surface area contributed by atoms with Gasteiger partial charge in [-0.3, -0.25) is 9.69 Å². The number of carbonyl (C=O) groups is 1. The molecule has 0 radical (unpaired) electrons. The molecule has 0 bridgehead atoms. The molecule has 1 atom stereocenters. The van der Waals surface area contributed by atoms with E-state index in [1.54, 1.807) is 48.5 Å². The Labute approximate surface area is 140 Å². The number of anilines is 1. The van der Waals surface area contributed by atoms with Crippen molar-refractivity contribution in [1.82, 2.24) is 9.88 Å². The highest BCUT2D eigenvalue weighted by Crippen LogP contribution is 2.17. The molecule has 2 rings (SSSR count). The molecule has 2 N–H and O–H groups in total. The third kappa shape index (κ3) is 5.63. The Hall–Kier alpha value is -1.95. The van der Waals surface area contributed by atoms with Crippen LogP contribution in [0, 0.1) is 6.92 Å². The summed E-state index contributed by atoms with van der Waals surface area (Å²) >= 11 is 5.83. The molecule has 0 saturated heterocycles. The highest BCUT2D eigenvalue weighted by molar-refractivity contribution is 6.30. The fraction of sp³-hybridized carbons (Fsp3) is 0.294. The number of benzene rings is 1. The van der Waals surface area contributed by atoms with E-state index in [0.29, 0.717) is 17.4 Å². The number of aryl methyl sites for hydroxylation is 1. The van der Waals surface area contributed by atoms with Gasteiger partial charge in [-0.1, -0.05) is 29.8 Å². The molecule has 0 saturated carbocycles. The molecule has 0 aliphatic rings. The van der Waals surface area contributed by atoms with E-state index >= 15 is 0 Å². The predicted octanol–water partition coefficient (Wildman–Crippen LogP) is 2.65. The monoisotopic (exact) mass is 333 g/mol. The van der Waals surface area contributed by atoms with Crippen LogP contribution in [0.25, 0.3) is 0 Å². The summed E-state index contributed by atoms with van der Waals surface area (Å²) in [7, 11) is 1.78. The smallest absolute Gasteiger partial charge is 0.239 e. The van der Waals surface area contributed by atoms with E-state index in [4.69, 9.17) is 11.6 Å². The summed E-state index contributed by atoms with van der Waals surface area (Å²) in [5.74, 6) is 0.347. The lowest BCUT2D eigenvalue weighted by Crippen LogP contribution is -2.33. The van der Waals surface area contributed by atoms with Crippen molar-refractivity contribution in [3.05, 3.63) is 58.7 Å². The first kappa shape index (κ1) is 17.4. The molecule has 0 aliphatic heterocycles. The topological polar surface area (TPSA) is 65.5 Å². The molecule has 6 heteroatoms. The van der Waals surface area contributed by atoms with Crippen molar-refractivity contribution < 1.29 is 9.90 Å². The molecular weight excluding hydrogens is 314 g/mol. The largest absolute Gasteiger partial charge is 0.387 e. The van der Waals surface area contributed by atoms with Crippen LogP contribution in [-0.4, -0.2) is 41.0 Å². The maximum Gasteiger partial charge on any atom is 0.239 e. The number of hydrogen-bond donors (Lipinski definition) is 2. The highest BCUT2D eigenvalue weighted by Gasteiger charge is 2.13. The third-order valence-corrected chi connectivity index (χ3v) is 3.58. The second-order valence-corrected chi connectivity index (χ2v) is 5.97. The minimum atomic E-state index is -0.678. The maximum atomic E-state index is 12.0. The molecule has 0 aliphatic carbocycles. The summed E-state index contributed by atoms with van der Waals surface area (Å²) in [5, 5.41) is 13.5. The van der Waals surface area contributed by atoms with Gasteiger partial charge < -0.3 is 10.4 Å². The predicted molar refractivity (Wildman–Crippen MR) is 91.5 cm³/mol. The molecule has 2 aromatic rings. The van der Waals surface area contributed by atoms with Crippen molar-refractivity contribution in [3.8, 4) is 0 Å².